The Morgan fingerprint density at radius 3 is 1.00 bits per heavy atom. The van der Waals surface area contributed by atoms with E-state index in [9.17, 15) is 0 Å². The molecule has 0 heterocycles. The van der Waals surface area contributed by atoms with Crippen LogP contribution in [0.15, 0.2) is 214 Å². The normalized spacial score (nSPS) is 9.21. The molecule has 0 aliphatic rings. The van der Waals surface area contributed by atoms with Crippen molar-refractivity contribution in [1.82, 2.24) is 0 Å². The number of fused-ring (bicyclic) bond motifs is 2. The van der Waals surface area contributed by atoms with E-state index in [1.165, 1.54) is 84.5 Å². The summed E-state index contributed by atoms with van der Waals surface area (Å²) in [6, 6.07) is 65.9. The topological polar surface area (TPSA) is 0 Å². The first kappa shape index (κ1) is 52.8. The van der Waals surface area contributed by atoms with Crippen LogP contribution in [-0.2, 0) is 6.42 Å². The van der Waals surface area contributed by atoms with E-state index in [-0.39, 0.29) is 0 Å². The van der Waals surface area contributed by atoms with Crippen molar-refractivity contribution in [3.63, 3.8) is 0 Å². The van der Waals surface area contributed by atoms with Crippen molar-refractivity contribution in [3.8, 4) is 11.1 Å². The van der Waals surface area contributed by atoms with Gasteiger partial charge in [-0.2, -0.15) is 0 Å². The van der Waals surface area contributed by atoms with E-state index in [0.29, 0.717) is 0 Å². The van der Waals surface area contributed by atoms with E-state index in [0.717, 1.165) is 6.42 Å². The SMILES string of the molecule is C=C.C=CCC.CC.CCCc1ccc(C)cc1.Cc1ccc(-c2ccc(C)cc2)cc1.Cc1cccc2ccccc12.Cc1cccc2ccccc12.Cc1ccccc1. The molecule has 0 aromatic heterocycles. The predicted octanol–water partition coefficient (Wildman–Crippen LogP) is 18.6. The second kappa shape index (κ2) is 32.6. The monoisotopic (exact) mass is 807 g/mol. The van der Waals surface area contributed by atoms with Crippen molar-refractivity contribution >= 4 is 21.5 Å². The lowest BCUT2D eigenvalue weighted by Gasteiger charge is -2.02. The third-order valence-corrected chi connectivity index (χ3v) is 9.34. The molecule has 0 aliphatic carbocycles. The van der Waals surface area contributed by atoms with Gasteiger partial charge in [0.05, 0.1) is 0 Å². The molecule has 0 unspecified atom stereocenters. The van der Waals surface area contributed by atoms with Crippen LogP contribution in [0.4, 0.5) is 0 Å². The highest BCUT2D eigenvalue weighted by molar-refractivity contribution is 5.86. The standard InChI is InChI=1S/C14H14.2C11H10.C10H14.C7H8.C4H8.C2H6.C2H4/c1-11-3-7-13(8-4-11)14-9-5-12(2)6-10-14;2*1-9-5-4-7-10-6-2-3-8-11(9)10;1-3-4-10-7-5-9(2)6-8-10;1-7-5-3-2-4-6-7;1-3-4-2;2*1-2/h3-10H,1-2H3;2*2-8H,1H3;5-8H,3-4H2,1-2H3;2-6H,1H3;3H,1,4H2,2H3;1-2H3;1-2H2. The minimum atomic E-state index is 1.08. The van der Waals surface area contributed by atoms with E-state index in [1.807, 2.05) is 38.1 Å². The van der Waals surface area contributed by atoms with Crippen LogP contribution < -0.4 is 0 Å². The molecule has 8 aromatic rings. The molecule has 8 rings (SSSR count). The minimum absolute atomic E-state index is 1.08. The third-order valence-electron chi connectivity index (χ3n) is 9.34. The van der Waals surface area contributed by atoms with Gasteiger partial charge in [-0.15, -0.1) is 19.7 Å². The molecule has 0 saturated heterocycles. The predicted molar refractivity (Wildman–Crippen MR) is 278 cm³/mol. The summed E-state index contributed by atoms with van der Waals surface area (Å²) in [5.74, 6) is 0. The fourth-order valence-corrected chi connectivity index (χ4v) is 5.84. The number of hydrogen-bond acceptors (Lipinski definition) is 0. The lowest BCUT2D eigenvalue weighted by atomic mass is 10.0. The highest BCUT2D eigenvalue weighted by Gasteiger charge is 1.96. The van der Waals surface area contributed by atoms with Crippen molar-refractivity contribution < 1.29 is 0 Å². The highest BCUT2D eigenvalue weighted by atomic mass is 14.0. The smallest absolute Gasteiger partial charge is 0.0155 e. The van der Waals surface area contributed by atoms with Gasteiger partial charge in [0.15, 0.2) is 0 Å². The molecule has 0 fully saturated rings. The molecule has 0 spiro atoms. The van der Waals surface area contributed by atoms with Gasteiger partial charge in [-0.05, 0) is 104 Å². The molecule has 0 N–H and O–H groups in total. The molecular weight excluding hydrogens is 733 g/mol. The van der Waals surface area contributed by atoms with Crippen LogP contribution in [-0.4, -0.2) is 0 Å². The van der Waals surface area contributed by atoms with Crippen LogP contribution in [0, 0.1) is 41.5 Å². The van der Waals surface area contributed by atoms with E-state index in [4.69, 9.17) is 0 Å². The van der Waals surface area contributed by atoms with Crippen molar-refractivity contribution in [2.24, 2.45) is 0 Å². The van der Waals surface area contributed by atoms with Crippen LogP contribution in [0.3, 0.4) is 0 Å². The van der Waals surface area contributed by atoms with Crippen LogP contribution in [0.5, 0.6) is 0 Å². The highest BCUT2D eigenvalue weighted by Crippen LogP contribution is 2.20. The Balaban J connectivity index is 0.000000369. The van der Waals surface area contributed by atoms with Gasteiger partial charge in [-0.25, -0.2) is 0 Å². The quantitative estimate of drug-likeness (QED) is 0.155. The molecule has 0 heteroatoms. The zero-order valence-electron chi connectivity index (χ0n) is 39.2. The van der Waals surface area contributed by atoms with Crippen LogP contribution >= 0.6 is 0 Å². The van der Waals surface area contributed by atoms with Gasteiger partial charge in [0, 0.05) is 0 Å². The van der Waals surface area contributed by atoms with Gasteiger partial charge in [-0.1, -0.05) is 251 Å². The van der Waals surface area contributed by atoms with Crippen LogP contribution in [0.25, 0.3) is 32.7 Å². The summed E-state index contributed by atoms with van der Waals surface area (Å²) in [6.45, 7) is 30.5. The van der Waals surface area contributed by atoms with Gasteiger partial charge in [-0.3, -0.25) is 0 Å². The second-order valence-corrected chi connectivity index (χ2v) is 14.4. The van der Waals surface area contributed by atoms with E-state index in [2.05, 4.69) is 245 Å². The molecule has 0 radical (unpaired) electrons. The average Bonchev–Trinajstić information content (AvgIpc) is 3.31. The first-order valence-corrected chi connectivity index (χ1v) is 21.9. The number of aryl methyl sites for hydroxylation is 7. The Morgan fingerprint density at radius 1 is 0.377 bits per heavy atom. The van der Waals surface area contributed by atoms with Crippen LogP contribution in [0.1, 0.15) is 79.5 Å². The number of hydrogen-bond donors (Lipinski definition) is 0. The zero-order chi connectivity index (χ0) is 45.3. The Labute approximate surface area is 372 Å². The molecule has 61 heavy (non-hydrogen) atoms. The number of rotatable bonds is 4. The summed E-state index contributed by atoms with van der Waals surface area (Å²) in [5.41, 5.74) is 12.0. The van der Waals surface area contributed by atoms with Crippen molar-refractivity contribution in [3.05, 3.63) is 253 Å². The first-order chi connectivity index (χ1) is 29.6. The summed E-state index contributed by atoms with van der Waals surface area (Å²) in [5, 5.41) is 5.37. The van der Waals surface area contributed by atoms with Crippen LogP contribution in [0.2, 0.25) is 0 Å². The molecule has 0 saturated carbocycles. The maximum atomic E-state index is 3.48. The second-order valence-electron chi connectivity index (χ2n) is 14.4. The summed E-state index contributed by atoms with van der Waals surface area (Å²) in [6.07, 6.45) is 5.41. The molecule has 0 bridgehead atoms. The maximum absolute atomic E-state index is 3.48. The summed E-state index contributed by atoms with van der Waals surface area (Å²) in [4.78, 5) is 0. The lowest BCUT2D eigenvalue weighted by Crippen LogP contribution is -1.81. The Hall–Kier alpha value is -6.24. The van der Waals surface area contributed by atoms with Gasteiger partial charge >= 0.3 is 0 Å². The number of benzene rings is 8. The molecule has 0 atom stereocenters. The molecule has 8 aromatic carbocycles. The Kier molecular flexibility index (Phi) is 28.2. The van der Waals surface area contributed by atoms with Gasteiger partial charge in [0.25, 0.3) is 0 Å². The third kappa shape index (κ3) is 21.5. The van der Waals surface area contributed by atoms with Crippen molar-refractivity contribution in [1.29, 1.82) is 0 Å². The van der Waals surface area contributed by atoms with Gasteiger partial charge < -0.3 is 0 Å². The van der Waals surface area contributed by atoms with E-state index in [1.54, 1.807) is 0 Å². The van der Waals surface area contributed by atoms with E-state index >= 15 is 0 Å². The van der Waals surface area contributed by atoms with Crippen molar-refractivity contribution in [2.45, 2.75) is 88.5 Å². The van der Waals surface area contributed by atoms with Gasteiger partial charge in [0.1, 0.15) is 0 Å². The van der Waals surface area contributed by atoms with Crippen molar-refractivity contribution in [2.75, 3.05) is 0 Å². The largest absolute Gasteiger partial charge is 0.106 e. The first-order valence-electron chi connectivity index (χ1n) is 21.9. The fraction of sp³-hybridized carbons (Fsp3) is 0.213. The molecule has 318 valence electrons. The molecule has 0 aliphatic heterocycles. The Morgan fingerprint density at radius 2 is 0.689 bits per heavy atom. The lowest BCUT2D eigenvalue weighted by molar-refractivity contribution is 0.921. The maximum Gasteiger partial charge on any atom is -0.0155 e. The van der Waals surface area contributed by atoms with E-state index < -0.39 is 0 Å². The van der Waals surface area contributed by atoms with Gasteiger partial charge in [0.2, 0.25) is 0 Å². The minimum Gasteiger partial charge on any atom is -0.106 e. The average molecular weight is 807 g/mol. The molecule has 0 amide bonds. The fourth-order valence-electron chi connectivity index (χ4n) is 5.84. The summed E-state index contributed by atoms with van der Waals surface area (Å²) < 4.78 is 0. The zero-order valence-corrected chi connectivity index (χ0v) is 39.2. The molecular formula is C61H74. The Bertz CT molecular complexity index is 2160. The molecule has 0 nitrogen and oxygen atoms in total. The summed E-state index contributed by atoms with van der Waals surface area (Å²) in [7, 11) is 0. The number of allylic oxidation sites excluding steroid dienone is 1. The summed E-state index contributed by atoms with van der Waals surface area (Å²) >= 11 is 0.